The largest absolute Gasteiger partial charge is 0.475 e. The summed E-state index contributed by atoms with van der Waals surface area (Å²) in [6, 6.07) is 5.40. The third kappa shape index (κ3) is 5.29. The number of likely N-dealkylation sites (N-methyl/N-ethyl adjacent to an activating group) is 1. The van der Waals surface area contributed by atoms with Gasteiger partial charge in [-0.3, -0.25) is 19.4 Å². The highest BCUT2D eigenvalue weighted by Crippen LogP contribution is 2.51. The van der Waals surface area contributed by atoms with Crippen LogP contribution in [-0.4, -0.2) is 80.8 Å². The minimum absolute atomic E-state index is 0. The molecule has 10 nitrogen and oxygen atoms in total. The zero-order valence-electron chi connectivity index (χ0n) is 24.1. The van der Waals surface area contributed by atoms with Crippen molar-refractivity contribution in [1.29, 1.82) is 0 Å². The first-order valence-electron chi connectivity index (χ1n) is 14.0. The molecule has 42 heavy (non-hydrogen) atoms. The van der Waals surface area contributed by atoms with E-state index in [2.05, 4.69) is 24.9 Å². The molecule has 1 saturated heterocycles. The molecule has 2 fully saturated rings. The van der Waals surface area contributed by atoms with Crippen LogP contribution >= 0.6 is 12.4 Å². The smallest absolute Gasteiger partial charge is 0.240 e. The lowest BCUT2D eigenvalue weighted by Crippen LogP contribution is -2.67. The van der Waals surface area contributed by atoms with Gasteiger partial charge in [-0.1, -0.05) is 20.3 Å². The number of benzene rings is 1. The van der Waals surface area contributed by atoms with Crippen LogP contribution in [0, 0.1) is 5.82 Å². The molecule has 1 saturated carbocycles. The molecule has 0 radical (unpaired) electrons. The van der Waals surface area contributed by atoms with Crippen LogP contribution in [-0.2, 0) is 20.2 Å². The van der Waals surface area contributed by atoms with E-state index in [9.17, 15) is 13.2 Å². The number of carbonyl (C=O) groups excluding carboxylic acids is 1. The van der Waals surface area contributed by atoms with Gasteiger partial charge in [0.2, 0.25) is 21.8 Å². The quantitative estimate of drug-likeness (QED) is 0.349. The van der Waals surface area contributed by atoms with Gasteiger partial charge in [0, 0.05) is 73.1 Å². The van der Waals surface area contributed by atoms with Gasteiger partial charge in [0.1, 0.15) is 23.5 Å². The molecule has 226 valence electrons. The van der Waals surface area contributed by atoms with Crippen molar-refractivity contribution in [3.8, 4) is 17.0 Å². The highest BCUT2D eigenvalue weighted by molar-refractivity contribution is 7.92. The zero-order chi connectivity index (χ0) is 29.1. The van der Waals surface area contributed by atoms with Crippen molar-refractivity contribution in [3.63, 3.8) is 0 Å². The molecule has 6 rings (SSSR count). The number of nitrogens with one attached hydrogen (secondary N) is 2. The molecule has 2 aromatic heterocycles. The van der Waals surface area contributed by atoms with Gasteiger partial charge in [0.25, 0.3) is 0 Å². The second kappa shape index (κ2) is 11.2. The normalized spacial score (nSPS) is 18.1. The van der Waals surface area contributed by atoms with Gasteiger partial charge < -0.3 is 15.0 Å². The topological polar surface area (TPSA) is 117 Å². The average Bonchev–Trinajstić information content (AvgIpc) is 3.07. The van der Waals surface area contributed by atoms with Crippen LogP contribution in [0.2, 0.25) is 0 Å². The molecule has 3 aromatic rings. The summed E-state index contributed by atoms with van der Waals surface area (Å²) in [5.41, 5.74) is 2.13. The Kier molecular flexibility index (Phi) is 8.12. The molecular formula is C29H36ClFN6O4S. The number of aromatic nitrogens is 2. The SMILES string of the molecule is CC(C)NCCOc1ncc(-c2cc3c4c(cnc3cc2F)N(C)C(=O)C42CN(C3CCC3)C2)cc1NS(C)(=O)=O.Cl. The average molecular weight is 619 g/mol. The number of sulfonamides is 1. The van der Waals surface area contributed by atoms with Gasteiger partial charge in [-0.2, -0.15) is 0 Å². The van der Waals surface area contributed by atoms with Gasteiger partial charge in [0.05, 0.1) is 23.7 Å². The number of carbonyl (C=O) groups is 1. The van der Waals surface area contributed by atoms with Crippen molar-refractivity contribution in [2.24, 2.45) is 0 Å². The first-order valence-corrected chi connectivity index (χ1v) is 15.9. The number of ether oxygens (including phenoxy) is 1. The van der Waals surface area contributed by atoms with E-state index in [-0.39, 0.29) is 48.1 Å². The van der Waals surface area contributed by atoms with Crippen LogP contribution in [0.15, 0.2) is 30.6 Å². The van der Waals surface area contributed by atoms with E-state index in [1.54, 1.807) is 24.2 Å². The lowest BCUT2D eigenvalue weighted by Gasteiger charge is -2.53. The highest BCUT2D eigenvalue weighted by atomic mass is 35.5. The second-order valence-electron chi connectivity index (χ2n) is 11.7. The van der Waals surface area contributed by atoms with E-state index in [0.29, 0.717) is 42.1 Å². The standard InChI is InChI=1S/C29H35FN6O4S.ClH/c1-17(2)31-8-9-40-27-24(34-41(4,38)39)10-18(13-33-27)20-11-21-23(12-22(20)30)32-14-25-26(21)29(28(37)35(25)3)15-36(16-29)19-6-5-7-19;/h10-14,17,19,31,34H,5-9,15-16H2,1-4H3;1H. The van der Waals surface area contributed by atoms with E-state index in [4.69, 9.17) is 4.74 Å². The Hall–Kier alpha value is -3.06. The fourth-order valence-electron chi connectivity index (χ4n) is 6.15. The summed E-state index contributed by atoms with van der Waals surface area (Å²) >= 11 is 0. The molecule has 1 amide bonds. The Morgan fingerprint density at radius 3 is 2.55 bits per heavy atom. The minimum atomic E-state index is -3.67. The van der Waals surface area contributed by atoms with Gasteiger partial charge in [0.15, 0.2) is 0 Å². The molecule has 13 heteroatoms. The summed E-state index contributed by atoms with van der Waals surface area (Å²) in [5, 5.41) is 3.94. The number of fused-ring (bicyclic) bond motifs is 4. The molecule has 4 heterocycles. The molecule has 1 spiro atoms. The lowest BCUT2D eigenvalue weighted by atomic mass is 9.71. The number of hydrogen-bond donors (Lipinski definition) is 2. The summed E-state index contributed by atoms with van der Waals surface area (Å²) in [4.78, 5) is 26.5. The number of rotatable bonds is 9. The summed E-state index contributed by atoms with van der Waals surface area (Å²) < 4.78 is 48.0. The number of halogens is 2. The first kappa shape index (κ1) is 30.4. The maximum Gasteiger partial charge on any atom is 0.240 e. The maximum absolute atomic E-state index is 15.6. The molecule has 1 aliphatic carbocycles. The Bertz CT molecular complexity index is 1640. The molecule has 2 aliphatic heterocycles. The van der Waals surface area contributed by atoms with Crippen LogP contribution < -0.4 is 19.7 Å². The van der Waals surface area contributed by atoms with E-state index in [0.717, 1.165) is 30.3 Å². The summed E-state index contributed by atoms with van der Waals surface area (Å²) in [5.74, 6) is -0.383. The predicted octanol–water partition coefficient (Wildman–Crippen LogP) is 3.69. The molecule has 2 N–H and O–H groups in total. The third-order valence-electron chi connectivity index (χ3n) is 8.38. The predicted molar refractivity (Wildman–Crippen MR) is 164 cm³/mol. The Morgan fingerprint density at radius 2 is 1.90 bits per heavy atom. The monoisotopic (exact) mass is 618 g/mol. The van der Waals surface area contributed by atoms with Crippen molar-refractivity contribution in [2.45, 2.75) is 50.6 Å². The number of nitrogens with zero attached hydrogens (tertiary/aromatic N) is 4. The molecule has 1 aromatic carbocycles. The van der Waals surface area contributed by atoms with Crippen molar-refractivity contribution in [1.82, 2.24) is 20.2 Å². The summed E-state index contributed by atoms with van der Waals surface area (Å²) in [7, 11) is -1.90. The minimum Gasteiger partial charge on any atom is -0.475 e. The highest BCUT2D eigenvalue weighted by Gasteiger charge is 2.59. The Balaban J connectivity index is 0.00000353. The number of likely N-dealkylation sites (tertiary alicyclic amines) is 1. The van der Waals surface area contributed by atoms with Crippen LogP contribution in [0.5, 0.6) is 5.88 Å². The number of pyridine rings is 2. The van der Waals surface area contributed by atoms with Crippen molar-refractivity contribution in [3.05, 3.63) is 42.0 Å². The molecule has 0 atom stereocenters. The fourth-order valence-corrected chi connectivity index (χ4v) is 6.70. The third-order valence-corrected chi connectivity index (χ3v) is 8.97. The van der Waals surface area contributed by atoms with Crippen molar-refractivity contribution in [2.75, 3.05) is 49.2 Å². The summed E-state index contributed by atoms with van der Waals surface area (Å²) in [6.45, 7) is 6.12. The molecular weight excluding hydrogens is 583 g/mol. The molecule has 3 aliphatic rings. The second-order valence-corrected chi connectivity index (χ2v) is 13.5. The van der Waals surface area contributed by atoms with Crippen LogP contribution in [0.4, 0.5) is 15.8 Å². The first-order chi connectivity index (χ1) is 19.5. The maximum atomic E-state index is 15.6. The van der Waals surface area contributed by atoms with Crippen LogP contribution in [0.25, 0.3) is 22.0 Å². The lowest BCUT2D eigenvalue weighted by molar-refractivity contribution is -0.131. The van der Waals surface area contributed by atoms with E-state index >= 15 is 4.39 Å². The van der Waals surface area contributed by atoms with Gasteiger partial charge >= 0.3 is 0 Å². The molecule has 0 bridgehead atoms. The Morgan fingerprint density at radius 1 is 1.17 bits per heavy atom. The number of hydrogen-bond acceptors (Lipinski definition) is 8. The van der Waals surface area contributed by atoms with E-state index in [1.165, 1.54) is 24.8 Å². The number of anilines is 2. The molecule has 0 unspecified atom stereocenters. The van der Waals surface area contributed by atoms with Crippen molar-refractivity contribution < 1.29 is 22.3 Å². The number of amides is 1. The van der Waals surface area contributed by atoms with Crippen LogP contribution in [0.3, 0.4) is 0 Å². The van der Waals surface area contributed by atoms with Gasteiger partial charge in [-0.25, -0.2) is 17.8 Å². The summed E-state index contributed by atoms with van der Waals surface area (Å²) in [6.07, 6.45) is 7.69. The van der Waals surface area contributed by atoms with Gasteiger partial charge in [-0.05, 0) is 25.0 Å². The fraction of sp³-hybridized carbons (Fsp3) is 0.483. The van der Waals surface area contributed by atoms with E-state index < -0.39 is 21.3 Å². The van der Waals surface area contributed by atoms with E-state index in [1.807, 2.05) is 13.8 Å². The zero-order valence-corrected chi connectivity index (χ0v) is 25.7. The van der Waals surface area contributed by atoms with Crippen LogP contribution in [0.1, 0.15) is 38.7 Å². The van der Waals surface area contributed by atoms with Crippen molar-refractivity contribution >= 4 is 50.6 Å². The Labute approximate surface area is 251 Å². The van der Waals surface area contributed by atoms with Gasteiger partial charge in [-0.15, -0.1) is 12.4 Å².